The highest BCUT2D eigenvalue weighted by molar-refractivity contribution is 7.92. The summed E-state index contributed by atoms with van der Waals surface area (Å²) in [4.78, 5) is 0. The van der Waals surface area contributed by atoms with Crippen molar-refractivity contribution >= 4 is 21.4 Å². The van der Waals surface area contributed by atoms with Crippen LogP contribution in [0.2, 0.25) is 0 Å². The van der Waals surface area contributed by atoms with Gasteiger partial charge in [-0.15, -0.1) is 0 Å². The molecule has 2 N–H and O–H groups in total. The van der Waals surface area contributed by atoms with Crippen LogP contribution in [0.15, 0.2) is 48.5 Å². The van der Waals surface area contributed by atoms with Crippen molar-refractivity contribution in [1.82, 2.24) is 0 Å². The number of para-hydroxylation sites is 1. The van der Waals surface area contributed by atoms with Gasteiger partial charge in [0, 0.05) is 23.5 Å². The highest BCUT2D eigenvalue weighted by Crippen LogP contribution is 2.20. The molecule has 0 radical (unpaired) electrons. The molecule has 0 atom stereocenters. The molecule has 0 aromatic heterocycles. The highest BCUT2D eigenvalue weighted by atomic mass is 32.2. The maximum absolute atomic E-state index is 11.1. The largest absolute Gasteiger partial charge is 0.496 e. The third-order valence-electron chi connectivity index (χ3n) is 2.86. The van der Waals surface area contributed by atoms with Crippen LogP contribution in [-0.2, 0) is 16.6 Å². The van der Waals surface area contributed by atoms with Crippen molar-refractivity contribution < 1.29 is 13.2 Å². The number of hydrogen-bond donors (Lipinski definition) is 2. The molecule has 5 nitrogen and oxygen atoms in total. The van der Waals surface area contributed by atoms with Gasteiger partial charge in [-0.05, 0) is 30.3 Å². The number of hydrogen-bond acceptors (Lipinski definition) is 4. The summed E-state index contributed by atoms with van der Waals surface area (Å²) < 4.78 is 30.0. The zero-order valence-electron chi connectivity index (χ0n) is 12.0. The monoisotopic (exact) mass is 306 g/mol. The normalized spacial score (nSPS) is 11.0. The zero-order chi connectivity index (χ0) is 15.3. The predicted molar refractivity (Wildman–Crippen MR) is 85.2 cm³/mol. The fourth-order valence-electron chi connectivity index (χ4n) is 1.92. The molecule has 0 aliphatic carbocycles. The minimum absolute atomic E-state index is 0.542. The summed E-state index contributed by atoms with van der Waals surface area (Å²) in [5.41, 5.74) is 2.50. The lowest BCUT2D eigenvalue weighted by Gasteiger charge is -2.11. The lowest BCUT2D eigenvalue weighted by Crippen LogP contribution is -2.09. The summed E-state index contributed by atoms with van der Waals surface area (Å²) >= 11 is 0. The molecule has 0 unspecified atom stereocenters. The fourth-order valence-corrected chi connectivity index (χ4v) is 2.48. The molecule has 6 heteroatoms. The van der Waals surface area contributed by atoms with E-state index < -0.39 is 10.0 Å². The van der Waals surface area contributed by atoms with E-state index in [9.17, 15) is 8.42 Å². The molecule has 0 saturated carbocycles. The maximum Gasteiger partial charge on any atom is 0.229 e. The van der Waals surface area contributed by atoms with Crippen LogP contribution in [0.1, 0.15) is 5.56 Å². The van der Waals surface area contributed by atoms with Crippen LogP contribution in [0, 0.1) is 0 Å². The summed E-state index contributed by atoms with van der Waals surface area (Å²) in [5, 5.41) is 3.27. The van der Waals surface area contributed by atoms with E-state index >= 15 is 0 Å². The fraction of sp³-hybridized carbons (Fsp3) is 0.200. The van der Waals surface area contributed by atoms with Crippen molar-refractivity contribution in [2.75, 3.05) is 23.4 Å². The van der Waals surface area contributed by atoms with Crippen LogP contribution in [0.5, 0.6) is 5.75 Å². The molecule has 0 saturated heterocycles. The van der Waals surface area contributed by atoms with Crippen LogP contribution >= 0.6 is 0 Å². The number of sulfonamides is 1. The summed E-state index contributed by atoms with van der Waals surface area (Å²) in [7, 11) is -1.60. The van der Waals surface area contributed by atoms with Gasteiger partial charge in [-0.3, -0.25) is 4.72 Å². The van der Waals surface area contributed by atoms with Gasteiger partial charge in [0.25, 0.3) is 0 Å². The third kappa shape index (κ3) is 4.68. The standard InChI is InChI=1S/C15H18N2O3S/c1-20-15-6-4-3-5-12(15)11-16-13-7-9-14(10-8-13)17-21(2,18)19/h3-10,16-17H,11H2,1-2H3. The molecule has 0 heterocycles. The number of rotatable bonds is 6. The molecule has 0 aliphatic rings. The van der Waals surface area contributed by atoms with Crippen molar-refractivity contribution in [3.05, 3.63) is 54.1 Å². The first-order valence-electron chi connectivity index (χ1n) is 6.41. The number of anilines is 2. The van der Waals surface area contributed by atoms with Crippen molar-refractivity contribution in [2.45, 2.75) is 6.54 Å². The van der Waals surface area contributed by atoms with E-state index in [4.69, 9.17) is 4.74 Å². The molecule has 112 valence electrons. The first-order valence-corrected chi connectivity index (χ1v) is 8.31. The first-order chi connectivity index (χ1) is 9.98. The summed E-state index contributed by atoms with van der Waals surface area (Å²) in [6.07, 6.45) is 1.13. The predicted octanol–water partition coefficient (Wildman–Crippen LogP) is 2.68. The SMILES string of the molecule is COc1ccccc1CNc1ccc(NS(C)(=O)=O)cc1. The molecule has 0 spiro atoms. The Labute approximate surface area is 125 Å². The van der Waals surface area contributed by atoms with E-state index in [-0.39, 0.29) is 0 Å². The second kappa shape index (κ2) is 6.49. The smallest absolute Gasteiger partial charge is 0.229 e. The van der Waals surface area contributed by atoms with Crippen molar-refractivity contribution in [2.24, 2.45) is 0 Å². The maximum atomic E-state index is 11.1. The van der Waals surface area contributed by atoms with Crippen LogP contribution in [-0.4, -0.2) is 21.8 Å². The van der Waals surface area contributed by atoms with Gasteiger partial charge in [-0.2, -0.15) is 0 Å². The Bertz CT molecular complexity index is 697. The molecule has 0 bridgehead atoms. The minimum Gasteiger partial charge on any atom is -0.496 e. The van der Waals surface area contributed by atoms with Gasteiger partial charge in [-0.1, -0.05) is 18.2 Å². The quantitative estimate of drug-likeness (QED) is 0.861. The van der Waals surface area contributed by atoms with Crippen molar-refractivity contribution in [1.29, 1.82) is 0 Å². The number of ether oxygens (including phenoxy) is 1. The van der Waals surface area contributed by atoms with E-state index in [2.05, 4.69) is 10.0 Å². The highest BCUT2D eigenvalue weighted by Gasteiger charge is 2.03. The van der Waals surface area contributed by atoms with E-state index in [0.29, 0.717) is 12.2 Å². The van der Waals surface area contributed by atoms with E-state index in [1.165, 1.54) is 0 Å². The lowest BCUT2D eigenvalue weighted by atomic mass is 10.2. The number of benzene rings is 2. The van der Waals surface area contributed by atoms with Crippen molar-refractivity contribution in [3.63, 3.8) is 0 Å². The molecule has 2 aromatic carbocycles. The van der Waals surface area contributed by atoms with Gasteiger partial charge in [0.1, 0.15) is 5.75 Å². The van der Waals surface area contributed by atoms with Gasteiger partial charge in [0.2, 0.25) is 10.0 Å². The van der Waals surface area contributed by atoms with E-state index in [0.717, 1.165) is 23.3 Å². The molecular formula is C15H18N2O3S. The molecular weight excluding hydrogens is 288 g/mol. The van der Waals surface area contributed by atoms with E-state index in [1.807, 2.05) is 36.4 Å². The lowest BCUT2D eigenvalue weighted by molar-refractivity contribution is 0.410. The second-order valence-electron chi connectivity index (χ2n) is 4.62. The third-order valence-corrected chi connectivity index (χ3v) is 3.47. The molecule has 2 rings (SSSR count). The Balaban J connectivity index is 2.01. The molecule has 0 amide bonds. The molecule has 0 aliphatic heterocycles. The number of methoxy groups -OCH3 is 1. The summed E-state index contributed by atoms with van der Waals surface area (Å²) in [5.74, 6) is 0.834. The van der Waals surface area contributed by atoms with Gasteiger partial charge < -0.3 is 10.1 Å². The molecule has 0 fully saturated rings. The van der Waals surface area contributed by atoms with Crippen LogP contribution in [0.3, 0.4) is 0 Å². The Morgan fingerprint density at radius 1 is 1.00 bits per heavy atom. The Morgan fingerprint density at radius 3 is 2.24 bits per heavy atom. The first kappa shape index (κ1) is 15.2. The van der Waals surface area contributed by atoms with E-state index in [1.54, 1.807) is 19.2 Å². The second-order valence-corrected chi connectivity index (χ2v) is 6.37. The van der Waals surface area contributed by atoms with Crippen LogP contribution < -0.4 is 14.8 Å². The van der Waals surface area contributed by atoms with Crippen LogP contribution in [0.4, 0.5) is 11.4 Å². The van der Waals surface area contributed by atoms with Crippen LogP contribution in [0.25, 0.3) is 0 Å². The average molecular weight is 306 g/mol. The Kier molecular flexibility index (Phi) is 4.70. The van der Waals surface area contributed by atoms with Crippen molar-refractivity contribution in [3.8, 4) is 5.75 Å². The van der Waals surface area contributed by atoms with Gasteiger partial charge in [0.05, 0.1) is 13.4 Å². The van der Waals surface area contributed by atoms with Gasteiger partial charge in [0.15, 0.2) is 0 Å². The summed E-state index contributed by atoms with van der Waals surface area (Å²) in [6, 6.07) is 14.9. The zero-order valence-corrected chi connectivity index (χ0v) is 12.8. The van der Waals surface area contributed by atoms with Gasteiger partial charge in [-0.25, -0.2) is 8.42 Å². The minimum atomic E-state index is -3.24. The topological polar surface area (TPSA) is 67.4 Å². The number of nitrogens with one attached hydrogen (secondary N) is 2. The Hall–Kier alpha value is -2.21. The Morgan fingerprint density at radius 2 is 1.62 bits per heavy atom. The summed E-state index contributed by atoms with van der Waals surface area (Å²) in [6.45, 7) is 0.628. The average Bonchev–Trinajstić information content (AvgIpc) is 2.45. The van der Waals surface area contributed by atoms with Gasteiger partial charge >= 0.3 is 0 Å². The molecule has 2 aromatic rings. The molecule has 21 heavy (non-hydrogen) atoms.